The third-order valence-electron chi connectivity index (χ3n) is 4.41. The van der Waals surface area contributed by atoms with Crippen molar-refractivity contribution in [1.82, 2.24) is 9.73 Å². The summed E-state index contributed by atoms with van der Waals surface area (Å²) in [5, 5.41) is 4.39. The van der Waals surface area contributed by atoms with Crippen LogP contribution in [0.1, 0.15) is 18.4 Å². The number of sulfonamides is 1. The van der Waals surface area contributed by atoms with Crippen molar-refractivity contribution in [3.8, 4) is 5.75 Å². The Kier molecular flexibility index (Phi) is 6.33. The highest BCUT2D eigenvalue weighted by molar-refractivity contribution is 7.89. The zero-order valence-electron chi connectivity index (χ0n) is 15.2. The summed E-state index contributed by atoms with van der Waals surface area (Å²) >= 11 is 5.83. The Bertz CT molecular complexity index is 977. The van der Waals surface area contributed by atoms with Crippen LogP contribution < -0.4 is 10.2 Å². The lowest BCUT2D eigenvalue weighted by Gasteiger charge is -2.22. The van der Waals surface area contributed by atoms with Gasteiger partial charge < -0.3 is 4.74 Å². The number of nitrogens with one attached hydrogen (secondary N) is 1. The van der Waals surface area contributed by atoms with Crippen LogP contribution in [0.15, 0.2) is 58.5 Å². The van der Waals surface area contributed by atoms with Crippen LogP contribution in [0.25, 0.3) is 0 Å². The highest BCUT2D eigenvalue weighted by Crippen LogP contribution is 2.27. The molecule has 1 aliphatic rings. The number of rotatable bonds is 6. The fourth-order valence-corrected chi connectivity index (χ4v) is 4.78. The maximum atomic E-state index is 12.9. The number of benzene rings is 2. The van der Waals surface area contributed by atoms with Gasteiger partial charge >= 0.3 is 0 Å². The summed E-state index contributed by atoms with van der Waals surface area (Å²) in [5.74, 6) is 0.209. The second-order valence-electron chi connectivity index (χ2n) is 6.24. The minimum atomic E-state index is -3.79. The van der Waals surface area contributed by atoms with Gasteiger partial charge in [-0.1, -0.05) is 23.7 Å². The standard InChI is InChI=1S/C19H20ClN3O4S/c1-27-16-5-2-4-14(12-16)13-21-22-19(24)18-6-3-11-23(18)28(25,26)17-9-7-15(20)8-10-17/h2,4-5,7-10,12-13,18H,3,6,11H2,1H3,(H,22,24)/b21-13-/t18-/m1/s1. The van der Waals surface area contributed by atoms with Gasteiger partial charge in [-0.3, -0.25) is 4.79 Å². The second kappa shape index (κ2) is 8.72. The minimum absolute atomic E-state index is 0.108. The second-order valence-corrected chi connectivity index (χ2v) is 8.57. The molecule has 1 amide bonds. The third-order valence-corrected chi connectivity index (χ3v) is 6.58. The lowest BCUT2D eigenvalue weighted by Crippen LogP contribution is -2.44. The molecular weight excluding hydrogens is 402 g/mol. The van der Waals surface area contributed by atoms with E-state index < -0.39 is 22.0 Å². The molecule has 1 fully saturated rings. The third kappa shape index (κ3) is 4.52. The molecule has 1 aliphatic heterocycles. The van der Waals surface area contributed by atoms with Crippen molar-refractivity contribution >= 4 is 33.7 Å². The first-order valence-corrected chi connectivity index (χ1v) is 10.5. The maximum absolute atomic E-state index is 12.9. The predicted molar refractivity (Wildman–Crippen MR) is 107 cm³/mol. The molecule has 148 valence electrons. The van der Waals surface area contributed by atoms with Crippen molar-refractivity contribution in [2.75, 3.05) is 13.7 Å². The molecule has 2 aromatic carbocycles. The molecular formula is C19H20ClN3O4S. The van der Waals surface area contributed by atoms with Crippen LogP contribution in [-0.2, 0) is 14.8 Å². The van der Waals surface area contributed by atoms with Crippen LogP contribution in [0.4, 0.5) is 0 Å². The van der Waals surface area contributed by atoms with Crippen molar-refractivity contribution in [3.05, 3.63) is 59.1 Å². The number of ether oxygens (including phenoxy) is 1. The highest BCUT2D eigenvalue weighted by atomic mass is 35.5. The molecule has 9 heteroatoms. The quantitative estimate of drug-likeness (QED) is 0.573. The van der Waals surface area contributed by atoms with Crippen LogP contribution in [0, 0.1) is 0 Å². The van der Waals surface area contributed by atoms with Crippen LogP contribution >= 0.6 is 11.6 Å². The molecule has 1 atom stereocenters. The van der Waals surface area contributed by atoms with Gasteiger partial charge in [-0.2, -0.15) is 9.41 Å². The van der Waals surface area contributed by atoms with Crippen molar-refractivity contribution in [2.24, 2.45) is 5.10 Å². The van der Waals surface area contributed by atoms with Gasteiger partial charge in [-0.25, -0.2) is 13.8 Å². The first-order valence-electron chi connectivity index (χ1n) is 8.66. The first kappa shape index (κ1) is 20.3. The average Bonchev–Trinajstić information content (AvgIpc) is 3.19. The molecule has 1 N–H and O–H groups in total. The molecule has 28 heavy (non-hydrogen) atoms. The zero-order chi connectivity index (χ0) is 20.1. The van der Waals surface area contributed by atoms with E-state index in [1.807, 2.05) is 6.07 Å². The summed E-state index contributed by atoms with van der Waals surface area (Å²) in [4.78, 5) is 12.6. The molecule has 0 radical (unpaired) electrons. The number of carbonyl (C=O) groups excluding carboxylic acids is 1. The molecule has 0 aliphatic carbocycles. The number of amides is 1. The van der Waals surface area contributed by atoms with Gasteiger partial charge in [-0.15, -0.1) is 0 Å². The Balaban J connectivity index is 1.70. The van der Waals surface area contributed by atoms with Gasteiger partial charge in [0.1, 0.15) is 11.8 Å². The van der Waals surface area contributed by atoms with E-state index in [0.29, 0.717) is 23.6 Å². The van der Waals surface area contributed by atoms with E-state index >= 15 is 0 Å². The first-order chi connectivity index (χ1) is 13.4. The Labute approximate surface area is 169 Å². The molecule has 1 saturated heterocycles. The van der Waals surface area contributed by atoms with Crippen molar-refractivity contribution in [1.29, 1.82) is 0 Å². The summed E-state index contributed by atoms with van der Waals surface area (Å²) in [7, 11) is -2.23. The molecule has 0 spiro atoms. The Hall–Kier alpha value is -2.42. The number of carbonyl (C=O) groups is 1. The Morgan fingerprint density at radius 3 is 2.75 bits per heavy atom. The molecule has 7 nitrogen and oxygen atoms in total. The van der Waals surface area contributed by atoms with Gasteiger partial charge in [0.15, 0.2) is 0 Å². The van der Waals surface area contributed by atoms with Crippen LogP contribution in [0.2, 0.25) is 5.02 Å². The smallest absolute Gasteiger partial charge is 0.258 e. The maximum Gasteiger partial charge on any atom is 0.258 e. The molecule has 0 bridgehead atoms. The fraction of sp³-hybridized carbons (Fsp3) is 0.263. The summed E-state index contributed by atoms with van der Waals surface area (Å²) in [6.07, 6.45) is 2.52. The lowest BCUT2D eigenvalue weighted by atomic mass is 10.2. The van der Waals surface area contributed by atoms with Gasteiger partial charge in [-0.05, 0) is 54.8 Å². The largest absolute Gasteiger partial charge is 0.497 e. The SMILES string of the molecule is COc1cccc(/C=N\NC(=O)[C@H]2CCCN2S(=O)(=O)c2ccc(Cl)cc2)c1. The van der Waals surface area contributed by atoms with Crippen molar-refractivity contribution in [2.45, 2.75) is 23.8 Å². The Morgan fingerprint density at radius 2 is 2.04 bits per heavy atom. The number of methoxy groups -OCH3 is 1. The predicted octanol–water partition coefficient (Wildman–Crippen LogP) is 2.65. The van der Waals surface area contributed by atoms with E-state index in [2.05, 4.69) is 10.5 Å². The number of hydrogen-bond acceptors (Lipinski definition) is 5. The average molecular weight is 422 g/mol. The van der Waals surface area contributed by atoms with E-state index in [9.17, 15) is 13.2 Å². The van der Waals surface area contributed by atoms with E-state index in [1.54, 1.807) is 25.3 Å². The summed E-state index contributed by atoms with van der Waals surface area (Å²) in [6.45, 7) is 0.280. The van der Waals surface area contributed by atoms with Gasteiger partial charge in [0.2, 0.25) is 10.0 Å². The van der Waals surface area contributed by atoms with Crippen LogP contribution in [0.3, 0.4) is 0 Å². The van der Waals surface area contributed by atoms with Crippen molar-refractivity contribution < 1.29 is 17.9 Å². The number of hydrazone groups is 1. The summed E-state index contributed by atoms with van der Waals surface area (Å²) < 4.78 is 32.1. The van der Waals surface area contributed by atoms with Crippen LogP contribution in [0.5, 0.6) is 5.75 Å². The van der Waals surface area contributed by atoms with Crippen molar-refractivity contribution in [3.63, 3.8) is 0 Å². The molecule has 0 unspecified atom stereocenters. The van der Waals surface area contributed by atoms with E-state index in [0.717, 1.165) is 5.56 Å². The van der Waals surface area contributed by atoms with Gasteiger partial charge in [0.05, 0.1) is 18.2 Å². The normalized spacial score (nSPS) is 17.7. The fourth-order valence-electron chi connectivity index (χ4n) is 3.00. The summed E-state index contributed by atoms with van der Waals surface area (Å²) in [5.41, 5.74) is 3.18. The number of nitrogens with zero attached hydrogens (tertiary/aromatic N) is 2. The zero-order valence-corrected chi connectivity index (χ0v) is 16.8. The lowest BCUT2D eigenvalue weighted by molar-refractivity contribution is -0.124. The topological polar surface area (TPSA) is 88.1 Å². The van der Waals surface area contributed by atoms with E-state index in [4.69, 9.17) is 16.3 Å². The monoisotopic (exact) mass is 421 g/mol. The molecule has 1 heterocycles. The Morgan fingerprint density at radius 1 is 1.29 bits per heavy atom. The van der Waals surface area contributed by atoms with E-state index in [1.165, 1.54) is 34.8 Å². The molecule has 0 aromatic heterocycles. The van der Waals surface area contributed by atoms with Crippen LogP contribution in [-0.4, -0.2) is 44.5 Å². The molecule has 0 saturated carbocycles. The molecule has 3 rings (SSSR count). The minimum Gasteiger partial charge on any atom is -0.497 e. The molecule has 2 aromatic rings. The van der Waals surface area contributed by atoms with Gasteiger partial charge in [0.25, 0.3) is 5.91 Å². The highest BCUT2D eigenvalue weighted by Gasteiger charge is 2.39. The summed E-state index contributed by atoms with van der Waals surface area (Å²) in [6, 6.07) is 12.3. The van der Waals surface area contributed by atoms with Gasteiger partial charge in [0, 0.05) is 11.6 Å². The number of hydrogen-bond donors (Lipinski definition) is 1. The van der Waals surface area contributed by atoms with E-state index in [-0.39, 0.29) is 11.4 Å². The number of halogens is 1.